The molecule has 20 heavy (non-hydrogen) atoms. The highest BCUT2D eigenvalue weighted by Crippen LogP contribution is 2.11. The third kappa shape index (κ3) is 3.77. The fourth-order valence-corrected chi connectivity index (χ4v) is 2.30. The molecule has 0 spiro atoms. The summed E-state index contributed by atoms with van der Waals surface area (Å²) < 4.78 is 13.4. The molecule has 0 radical (unpaired) electrons. The maximum Gasteiger partial charge on any atom is 0.279 e. The van der Waals surface area contributed by atoms with E-state index >= 15 is 0 Å². The van der Waals surface area contributed by atoms with E-state index in [0.717, 1.165) is 18.0 Å². The molecule has 0 aliphatic carbocycles. The Bertz CT molecular complexity index is 499. The fraction of sp³-hybridized carbons (Fsp3) is 0.429. The lowest BCUT2D eigenvalue weighted by atomic mass is 10.3. The summed E-state index contributed by atoms with van der Waals surface area (Å²) in [6.07, 6.45) is 0. The minimum atomic E-state index is -0.433. The van der Waals surface area contributed by atoms with E-state index in [1.54, 1.807) is 24.0 Å². The number of halogens is 1. The first kappa shape index (κ1) is 14.5. The van der Waals surface area contributed by atoms with Crippen LogP contribution in [0.25, 0.3) is 0 Å². The Labute approximate surface area is 117 Å². The number of piperazine rings is 1. The van der Waals surface area contributed by atoms with E-state index in [0.29, 0.717) is 19.6 Å². The highest BCUT2D eigenvalue weighted by molar-refractivity contribution is 5.91. The normalized spacial score (nSPS) is 16.0. The number of amides is 2. The number of carbonyl (C=O) groups excluding carboxylic acids is 2. The zero-order chi connectivity index (χ0) is 14.5. The Morgan fingerprint density at radius 3 is 2.55 bits per heavy atom. The van der Waals surface area contributed by atoms with E-state index in [1.807, 2.05) is 0 Å². The first-order valence-electron chi connectivity index (χ1n) is 6.69. The second kappa shape index (κ2) is 6.47. The van der Waals surface area contributed by atoms with E-state index < -0.39 is 5.82 Å². The lowest BCUT2D eigenvalue weighted by molar-refractivity contribution is -0.895. The van der Waals surface area contributed by atoms with Crippen molar-refractivity contribution in [3.05, 3.63) is 30.1 Å². The molecule has 0 saturated carbocycles. The van der Waals surface area contributed by atoms with Crippen molar-refractivity contribution in [2.45, 2.75) is 6.92 Å². The summed E-state index contributed by atoms with van der Waals surface area (Å²) in [5, 5.41) is 2.58. The van der Waals surface area contributed by atoms with Crippen molar-refractivity contribution < 1.29 is 18.9 Å². The third-order valence-electron chi connectivity index (χ3n) is 3.47. The van der Waals surface area contributed by atoms with Crippen molar-refractivity contribution in [1.29, 1.82) is 0 Å². The quantitative estimate of drug-likeness (QED) is 0.785. The molecule has 6 heteroatoms. The van der Waals surface area contributed by atoms with Crippen LogP contribution in [-0.4, -0.2) is 49.4 Å². The zero-order valence-corrected chi connectivity index (χ0v) is 11.5. The van der Waals surface area contributed by atoms with Gasteiger partial charge in [0.25, 0.3) is 5.91 Å². The molecule has 1 aromatic rings. The summed E-state index contributed by atoms with van der Waals surface area (Å²) in [6, 6.07) is 6.11. The van der Waals surface area contributed by atoms with E-state index in [-0.39, 0.29) is 17.5 Å². The van der Waals surface area contributed by atoms with Gasteiger partial charge in [-0.05, 0) is 12.1 Å². The number of anilines is 1. The SMILES string of the molecule is CC(=O)N1CC[NH+](CC(=O)Nc2ccccc2F)CC1. The van der Waals surface area contributed by atoms with Crippen LogP contribution in [0.1, 0.15) is 6.92 Å². The van der Waals surface area contributed by atoms with Crippen LogP contribution in [0, 0.1) is 5.82 Å². The number of nitrogens with zero attached hydrogens (tertiary/aromatic N) is 1. The molecule has 108 valence electrons. The Hall–Kier alpha value is -1.95. The molecule has 0 aromatic heterocycles. The summed E-state index contributed by atoms with van der Waals surface area (Å²) in [4.78, 5) is 26.0. The molecule has 0 unspecified atom stereocenters. The maximum atomic E-state index is 13.4. The zero-order valence-electron chi connectivity index (χ0n) is 11.5. The van der Waals surface area contributed by atoms with Crippen molar-refractivity contribution in [2.75, 3.05) is 38.0 Å². The van der Waals surface area contributed by atoms with Crippen LogP contribution in [0.15, 0.2) is 24.3 Å². The van der Waals surface area contributed by atoms with Crippen LogP contribution in [-0.2, 0) is 9.59 Å². The number of quaternary nitrogens is 1. The van der Waals surface area contributed by atoms with E-state index in [2.05, 4.69) is 5.32 Å². The number of hydrogen-bond acceptors (Lipinski definition) is 2. The summed E-state index contributed by atoms with van der Waals surface area (Å²) in [5.74, 6) is -0.571. The Morgan fingerprint density at radius 2 is 1.95 bits per heavy atom. The Kier molecular flexibility index (Phi) is 4.68. The van der Waals surface area contributed by atoms with Gasteiger partial charge >= 0.3 is 0 Å². The average Bonchev–Trinajstić information content (AvgIpc) is 2.42. The van der Waals surface area contributed by atoms with Crippen LogP contribution in [0.2, 0.25) is 0 Å². The predicted octanol–water partition coefficient (Wildman–Crippen LogP) is -0.489. The van der Waals surface area contributed by atoms with Crippen LogP contribution < -0.4 is 10.2 Å². The van der Waals surface area contributed by atoms with E-state index in [9.17, 15) is 14.0 Å². The van der Waals surface area contributed by atoms with Gasteiger partial charge in [-0.1, -0.05) is 12.1 Å². The molecule has 1 saturated heterocycles. The minimum Gasteiger partial charge on any atom is -0.332 e. The number of hydrogen-bond donors (Lipinski definition) is 2. The second-order valence-corrected chi connectivity index (χ2v) is 4.96. The average molecular weight is 280 g/mol. The van der Waals surface area contributed by atoms with Gasteiger partial charge in [0, 0.05) is 6.92 Å². The lowest BCUT2D eigenvalue weighted by Crippen LogP contribution is -3.15. The van der Waals surface area contributed by atoms with Gasteiger partial charge in [-0.3, -0.25) is 9.59 Å². The third-order valence-corrected chi connectivity index (χ3v) is 3.47. The minimum absolute atomic E-state index is 0.0693. The second-order valence-electron chi connectivity index (χ2n) is 4.96. The Balaban J connectivity index is 1.81. The monoisotopic (exact) mass is 280 g/mol. The van der Waals surface area contributed by atoms with Crippen LogP contribution >= 0.6 is 0 Å². The van der Waals surface area contributed by atoms with Crippen molar-refractivity contribution in [3.8, 4) is 0 Å². The molecular weight excluding hydrogens is 261 g/mol. The summed E-state index contributed by atoms with van der Waals surface area (Å²) in [6.45, 7) is 4.65. The Morgan fingerprint density at radius 1 is 1.30 bits per heavy atom. The first-order valence-corrected chi connectivity index (χ1v) is 6.69. The van der Waals surface area contributed by atoms with Gasteiger partial charge < -0.3 is 15.1 Å². The van der Waals surface area contributed by atoms with Gasteiger partial charge in [0.1, 0.15) is 5.82 Å². The summed E-state index contributed by atoms with van der Waals surface area (Å²) in [5.41, 5.74) is 0.208. The van der Waals surface area contributed by atoms with Crippen molar-refractivity contribution >= 4 is 17.5 Å². The number of nitrogens with one attached hydrogen (secondary N) is 2. The van der Waals surface area contributed by atoms with Gasteiger partial charge in [-0.2, -0.15) is 0 Å². The number of para-hydroxylation sites is 1. The van der Waals surface area contributed by atoms with Gasteiger partial charge in [0.05, 0.1) is 31.9 Å². The fourth-order valence-electron chi connectivity index (χ4n) is 2.30. The van der Waals surface area contributed by atoms with Crippen molar-refractivity contribution in [2.24, 2.45) is 0 Å². The predicted molar refractivity (Wildman–Crippen MR) is 72.8 cm³/mol. The lowest BCUT2D eigenvalue weighted by Gasteiger charge is -2.31. The molecule has 5 nitrogen and oxygen atoms in total. The number of rotatable bonds is 3. The molecule has 1 aromatic carbocycles. The van der Waals surface area contributed by atoms with E-state index in [4.69, 9.17) is 0 Å². The van der Waals surface area contributed by atoms with Crippen LogP contribution in [0.5, 0.6) is 0 Å². The maximum absolute atomic E-state index is 13.4. The van der Waals surface area contributed by atoms with Gasteiger partial charge in [0.15, 0.2) is 6.54 Å². The molecule has 1 heterocycles. The molecule has 1 fully saturated rings. The van der Waals surface area contributed by atoms with Gasteiger partial charge in [-0.15, -0.1) is 0 Å². The van der Waals surface area contributed by atoms with E-state index in [1.165, 1.54) is 12.1 Å². The topological polar surface area (TPSA) is 53.9 Å². The molecule has 2 rings (SSSR count). The molecule has 2 amide bonds. The van der Waals surface area contributed by atoms with Crippen molar-refractivity contribution in [1.82, 2.24) is 4.90 Å². The van der Waals surface area contributed by atoms with Gasteiger partial charge in [0.2, 0.25) is 5.91 Å². The van der Waals surface area contributed by atoms with Crippen LogP contribution in [0.3, 0.4) is 0 Å². The summed E-state index contributed by atoms with van der Waals surface area (Å²) in [7, 11) is 0. The van der Waals surface area contributed by atoms with Crippen LogP contribution in [0.4, 0.5) is 10.1 Å². The smallest absolute Gasteiger partial charge is 0.279 e. The first-order chi connectivity index (χ1) is 9.56. The van der Waals surface area contributed by atoms with Gasteiger partial charge in [-0.25, -0.2) is 4.39 Å². The molecule has 0 atom stereocenters. The largest absolute Gasteiger partial charge is 0.332 e. The molecular formula is C14H19FN3O2+. The van der Waals surface area contributed by atoms with Crippen molar-refractivity contribution in [3.63, 3.8) is 0 Å². The standard InChI is InChI=1S/C14H18FN3O2/c1-11(19)18-8-6-17(7-9-18)10-14(20)16-13-5-3-2-4-12(13)15/h2-5H,6-10H2,1H3,(H,16,20)/p+1. The highest BCUT2D eigenvalue weighted by atomic mass is 19.1. The summed E-state index contributed by atoms with van der Waals surface area (Å²) >= 11 is 0. The highest BCUT2D eigenvalue weighted by Gasteiger charge is 2.23. The molecule has 1 aliphatic rings. The molecule has 0 bridgehead atoms. The molecule has 2 N–H and O–H groups in total. The number of benzene rings is 1. The number of carbonyl (C=O) groups is 2. The molecule has 1 aliphatic heterocycles.